The molecule has 3 heterocycles. The van der Waals surface area contributed by atoms with Gasteiger partial charge < -0.3 is 19.9 Å². The van der Waals surface area contributed by atoms with Crippen molar-refractivity contribution < 1.29 is 27.9 Å². The van der Waals surface area contributed by atoms with Gasteiger partial charge in [-0.25, -0.2) is 13.2 Å². The molecule has 0 radical (unpaired) electrons. The fourth-order valence-electron chi connectivity index (χ4n) is 4.28. The summed E-state index contributed by atoms with van der Waals surface area (Å²) in [7, 11) is 0. The minimum atomic E-state index is -1.18. The molecule has 170 valence electrons. The SMILES string of the molecule is CC1CCC2CN(CC1)C(=O)c1c(O)c(=O)c(C(=O)NCc3c(F)cc(F)cc3F)cn12. The van der Waals surface area contributed by atoms with Crippen LogP contribution >= 0.6 is 0 Å². The number of nitrogens with one attached hydrogen (secondary N) is 1. The second-order valence-corrected chi connectivity index (χ2v) is 8.38. The Morgan fingerprint density at radius 1 is 1.16 bits per heavy atom. The van der Waals surface area contributed by atoms with E-state index < -0.39 is 58.1 Å². The van der Waals surface area contributed by atoms with Gasteiger partial charge in [-0.05, 0) is 25.2 Å². The van der Waals surface area contributed by atoms with Crippen LogP contribution in [0.2, 0.25) is 0 Å². The standard InChI is InChI=1S/C22H22F3N3O4/c1-11-2-3-13-9-27(5-4-11)22(32)18-20(30)19(29)15(10-28(13)18)21(31)26-8-14-16(24)6-12(23)7-17(14)25/h6-7,10-11,13,30H,2-5,8-9H2,1H3,(H,26,31). The summed E-state index contributed by atoms with van der Waals surface area (Å²) in [6, 6.07) is 0.740. The predicted octanol–water partition coefficient (Wildman–Crippen LogP) is 2.72. The molecule has 2 aliphatic rings. The van der Waals surface area contributed by atoms with Gasteiger partial charge in [0.1, 0.15) is 23.0 Å². The van der Waals surface area contributed by atoms with E-state index in [1.807, 2.05) is 0 Å². The zero-order valence-corrected chi connectivity index (χ0v) is 17.3. The van der Waals surface area contributed by atoms with Crippen molar-refractivity contribution in [2.45, 2.75) is 38.8 Å². The van der Waals surface area contributed by atoms with Gasteiger partial charge in [-0.3, -0.25) is 14.4 Å². The Bertz CT molecular complexity index is 1140. The van der Waals surface area contributed by atoms with Crippen molar-refractivity contribution in [3.8, 4) is 5.75 Å². The number of hydrogen-bond donors (Lipinski definition) is 2. The second-order valence-electron chi connectivity index (χ2n) is 8.38. The van der Waals surface area contributed by atoms with Crippen LogP contribution < -0.4 is 10.7 Å². The van der Waals surface area contributed by atoms with Gasteiger partial charge in [0, 0.05) is 43.5 Å². The maximum Gasteiger partial charge on any atom is 0.274 e. The number of fused-ring (bicyclic) bond motifs is 4. The molecule has 1 saturated heterocycles. The summed E-state index contributed by atoms with van der Waals surface area (Å²) in [6.45, 7) is 2.37. The summed E-state index contributed by atoms with van der Waals surface area (Å²) in [6.07, 6.45) is 3.60. The number of aromatic nitrogens is 1. The Morgan fingerprint density at radius 2 is 1.84 bits per heavy atom. The molecule has 2 aliphatic heterocycles. The quantitative estimate of drug-likeness (QED) is 0.754. The first-order valence-electron chi connectivity index (χ1n) is 10.4. The lowest BCUT2D eigenvalue weighted by atomic mass is 9.93. The van der Waals surface area contributed by atoms with Crippen LogP contribution in [-0.2, 0) is 6.54 Å². The van der Waals surface area contributed by atoms with E-state index in [0.717, 1.165) is 12.8 Å². The molecule has 7 nitrogen and oxygen atoms in total. The minimum absolute atomic E-state index is 0.159. The van der Waals surface area contributed by atoms with Gasteiger partial charge in [-0.2, -0.15) is 0 Å². The predicted molar refractivity (Wildman–Crippen MR) is 108 cm³/mol. The number of amides is 2. The number of halogens is 3. The van der Waals surface area contributed by atoms with Crippen LogP contribution in [0.4, 0.5) is 13.2 Å². The topological polar surface area (TPSA) is 91.6 Å². The number of rotatable bonds is 3. The van der Waals surface area contributed by atoms with Crippen LogP contribution in [0.15, 0.2) is 23.1 Å². The van der Waals surface area contributed by atoms with E-state index in [2.05, 4.69) is 12.2 Å². The minimum Gasteiger partial charge on any atom is -0.503 e. The van der Waals surface area contributed by atoms with Crippen molar-refractivity contribution >= 4 is 11.8 Å². The molecule has 32 heavy (non-hydrogen) atoms. The van der Waals surface area contributed by atoms with Crippen LogP contribution in [0.3, 0.4) is 0 Å². The van der Waals surface area contributed by atoms with E-state index in [1.165, 1.54) is 10.8 Å². The highest BCUT2D eigenvalue weighted by atomic mass is 19.1. The van der Waals surface area contributed by atoms with Gasteiger partial charge in [0.25, 0.3) is 11.8 Å². The van der Waals surface area contributed by atoms with E-state index in [9.17, 15) is 32.7 Å². The summed E-state index contributed by atoms with van der Waals surface area (Å²) in [4.78, 5) is 39.8. The van der Waals surface area contributed by atoms with E-state index in [0.29, 0.717) is 37.6 Å². The lowest BCUT2D eigenvalue weighted by Gasteiger charge is -2.39. The smallest absolute Gasteiger partial charge is 0.274 e. The molecular weight excluding hydrogens is 427 g/mol. The van der Waals surface area contributed by atoms with Crippen molar-refractivity contribution in [2.75, 3.05) is 13.1 Å². The average Bonchev–Trinajstić information content (AvgIpc) is 2.72. The van der Waals surface area contributed by atoms with Crippen LogP contribution in [0.5, 0.6) is 5.75 Å². The number of aromatic hydroxyl groups is 1. The van der Waals surface area contributed by atoms with Gasteiger partial charge in [0.05, 0.1) is 6.04 Å². The number of carbonyl (C=O) groups is 2. The van der Waals surface area contributed by atoms with Crippen molar-refractivity contribution in [2.24, 2.45) is 5.92 Å². The maximum absolute atomic E-state index is 13.8. The summed E-state index contributed by atoms with van der Waals surface area (Å²) >= 11 is 0. The van der Waals surface area contributed by atoms with Gasteiger partial charge in [-0.1, -0.05) is 6.92 Å². The van der Waals surface area contributed by atoms with Crippen molar-refractivity contribution in [1.29, 1.82) is 0 Å². The third kappa shape index (κ3) is 3.85. The lowest BCUT2D eigenvalue weighted by Crippen LogP contribution is -2.46. The Balaban J connectivity index is 1.66. The van der Waals surface area contributed by atoms with Crippen molar-refractivity contribution in [3.63, 3.8) is 0 Å². The monoisotopic (exact) mass is 449 g/mol. The van der Waals surface area contributed by atoms with Crippen molar-refractivity contribution in [3.05, 3.63) is 62.8 Å². The highest BCUT2D eigenvalue weighted by molar-refractivity contribution is 5.99. The normalized spacial score (nSPS) is 20.4. The molecule has 2 bridgehead atoms. The first kappa shape index (κ1) is 21.9. The molecule has 2 unspecified atom stereocenters. The van der Waals surface area contributed by atoms with E-state index in [-0.39, 0.29) is 11.7 Å². The lowest BCUT2D eigenvalue weighted by molar-refractivity contribution is 0.0613. The highest BCUT2D eigenvalue weighted by Crippen LogP contribution is 2.32. The van der Waals surface area contributed by atoms with Gasteiger partial charge in [0.15, 0.2) is 11.4 Å². The number of hydrogen-bond acceptors (Lipinski definition) is 4. The largest absolute Gasteiger partial charge is 0.503 e. The van der Waals surface area contributed by atoms with Crippen LogP contribution in [0, 0.1) is 23.4 Å². The molecular formula is C22H22F3N3O4. The van der Waals surface area contributed by atoms with Gasteiger partial charge in [-0.15, -0.1) is 0 Å². The Labute approximate surface area is 181 Å². The Morgan fingerprint density at radius 3 is 2.53 bits per heavy atom. The maximum atomic E-state index is 13.8. The number of pyridine rings is 1. The molecule has 1 aromatic heterocycles. The molecule has 2 N–H and O–H groups in total. The third-order valence-corrected chi connectivity index (χ3v) is 6.19. The van der Waals surface area contributed by atoms with Crippen molar-refractivity contribution in [1.82, 2.24) is 14.8 Å². The molecule has 2 aromatic rings. The number of nitrogens with zero attached hydrogens (tertiary/aromatic N) is 2. The fraction of sp³-hybridized carbons (Fsp3) is 0.409. The van der Waals surface area contributed by atoms with Crippen LogP contribution in [0.25, 0.3) is 0 Å². The second kappa shape index (κ2) is 8.33. The van der Waals surface area contributed by atoms with Gasteiger partial charge >= 0.3 is 0 Å². The molecule has 0 saturated carbocycles. The van der Waals surface area contributed by atoms with E-state index in [4.69, 9.17) is 0 Å². The summed E-state index contributed by atoms with van der Waals surface area (Å²) < 4.78 is 42.2. The molecule has 1 aromatic carbocycles. The zero-order chi connectivity index (χ0) is 23.2. The fourth-order valence-corrected chi connectivity index (χ4v) is 4.28. The van der Waals surface area contributed by atoms with Crippen LogP contribution in [-0.4, -0.2) is 39.5 Å². The Hall–Kier alpha value is -3.30. The molecule has 4 rings (SSSR count). The molecule has 0 spiro atoms. The van der Waals surface area contributed by atoms with E-state index >= 15 is 0 Å². The number of benzene rings is 1. The first-order chi connectivity index (χ1) is 15.2. The molecule has 0 aliphatic carbocycles. The summed E-state index contributed by atoms with van der Waals surface area (Å²) in [5.41, 5.74) is -2.23. The molecule has 2 atom stereocenters. The van der Waals surface area contributed by atoms with E-state index in [1.54, 1.807) is 4.90 Å². The highest BCUT2D eigenvalue weighted by Gasteiger charge is 2.36. The molecule has 1 fully saturated rings. The molecule has 2 amide bonds. The molecule has 10 heteroatoms. The zero-order valence-electron chi connectivity index (χ0n) is 17.3. The Kier molecular flexibility index (Phi) is 5.70. The first-order valence-corrected chi connectivity index (χ1v) is 10.4. The third-order valence-electron chi connectivity index (χ3n) is 6.19. The van der Waals surface area contributed by atoms with Crippen LogP contribution in [0.1, 0.15) is 58.6 Å². The summed E-state index contributed by atoms with van der Waals surface area (Å²) in [5.74, 6) is -5.34. The number of carbonyl (C=O) groups excluding carboxylic acids is 2. The summed E-state index contributed by atoms with van der Waals surface area (Å²) in [5, 5.41) is 12.7. The van der Waals surface area contributed by atoms with Gasteiger partial charge in [0.2, 0.25) is 5.43 Å². The average molecular weight is 449 g/mol.